The molecule has 0 aromatic heterocycles. The number of carboxylic acids is 5. The van der Waals surface area contributed by atoms with E-state index in [1.54, 1.807) is 0 Å². The Morgan fingerprint density at radius 3 is 0.225 bits per heavy atom. The SMILES string of the molecule is CCCCCCCCCCCCCCCCCC(=O)O.CCCCCCCCCCCCCCCCCC(=O)O.CCCCCCCCCCCCCCCCCC(=O)O.CCCCCCCCCCCCCCCCCC(=O)O.CCCCCCCCCCCCCCCCCC(=O)O.[Mg+2].[Mg+2].[Mg+2].[Mg+2].[Mg+2].[Mg+2].[Mg+2].[Mg+2].[Mg+2].[Mg+2].[Mg+2]. The molecule has 600 valence electrons. The summed E-state index contributed by atoms with van der Waals surface area (Å²) in [6.45, 7) is 11.4. The first-order chi connectivity index (χ1) is 48.9. The maximum atomic E-state index is 10.3. The van der Waals surface area contributed by atoms with Crippen LogP contribution in [0.3, 0.4) is 0 Å². The predicted molar refractivity (Wildman–Crippen MR) is 499 cm³/mol. The Balaban J connectivity index is -0.0000000708. The van der Waals surface area contributed by atoms with Crippen molar-refractivity contribution in [2.24, 2.45) is 0 Å². The largest absolute Gasteiger partial charge is 2.00 e. The average molecular weight is 1690 g/mol. The molecule has 0 aliphatic heterocycles. The number of unbranched alkanes of at least 4 members (excludes halogenated alkanes) is 70. The Morgan fingerprint density at radius 1 is 0.117 bits per heavy atom. The molecule has 111 heavy (non-hydrogen) atoms. The van der Waals surface area contributed by atoms with E-state index < -0.39 is 29.8 Å². The van der Waals surface area contributed by atoms with Crippen molar-refractivity contribution in [2.45, 2.75) is 548 Å². The van der Waals surface area contributed by atoms with Crippen molar-refractivity contribution in [1.29, 1.82) is 0 Å². The van der Waals surface area contributed by atoms with Crippen LogP contribution in [0.25, 0.3) is 0 Å². The molecule has 0 aliphatic rings. The summed E-state index contributed by atoms with van der Waals surface area (Å²) in [5.41, 5.74) is 0. The molecule has 0 radical (unpaired) electrons. The maximum absolute atomic E-state index is 10.3. The summed E-state index contributed by atoms with van der Waals surface area (Å²) >= 11 is 0. The van der Waals surface area contributed by atoms with Gasteiger partial charge in [-0.25, -0.2) is 0 Å². The molecule has 21 heteroatoms. The van der Waals surface area contributed by atoms with Gasteiger partial charge in [0, 0.05) is 32.1 Å². The van der Waals surface area contributed by atoms with E-state index in [1.807, 2.05) is 0 Å². The van der Waals surface area contributed by atoms with Gasteiger partial charge in [0.1, 0.15) is 0 Å². The molecular formula is C90H180Mg11O10+22. The van der Waals surface area contributed by atoms with Crippen LogP contribution in [0.1, 0.15) is 548 Å². The molecule has 0 bridgehead atoms. The van der Waals surface area contributed by atoms with Gasteiger partial charge >= 0.3 is 283 Å². The second-order valence-electron chi connectivity index (χ2n) is 30.5. The van der Waals surface area contributed by atoms with Gasteiger partial charge in [-0.15, -0.1) is 0 Å². The fraction of sp³-hybridized carbons (Fsp3) is 0.944. The Labute approximate surface area is 869 Å². The van der Waals surface area contributed by atoms with Gasteiger partial charge in [-0.1, -0.05) is 484 Å². The molecule has 0 aliphatic carbocycles. The zero-order valence-electron chi connectivity index (χ0n) is 76.1. The standard InChI is InChI=1S/5C18H36O2.11Mg/c5*1-2-3-4-5-6-7-8-9-10-11-12-13-14-15-16-17-18(19)20;;;;;;;;;;;/h5*2-17H2,1H3,(H,19,20);;;;;;;;;;;/q;;;;;11*+2. The third-order valence-corrected chi connectivity index (χ3v) is 20.0. The summed E-state index contributed by atoms with van der Waals surface area (Å²) in [5, 5.41) is 42.6. The molecule has 10 nitrogen and oxygen atoms in total. The zero-order chi connectivity index (χ0) is 74.5. The fourth-order valence-electron chi connectivity index (χ4n) is 13.2. The maximum Gasteiger partial charge on any atom is 2.00 e. The minimum Gasteiger partial charge on any atom is -0.481 e. The first kappa shape index (κ1) is 154. The molecular weight excluding hydrogens is 1510 g/mol. The Kier molecular flexibility index (Phi) is 209. The van der Waals surface area contributed by atoms with Crippen molar-refractivity contribution >= 4 is 283 Å². The van der Waals surface area contributed by atoms with Gasteiger partial charge in [-0.05, 0) is 32.1 Å². The Bertz CT molecular complexity index is 1320. The monoisotopic (exact) mass is 1690 g/mol. The average Bonchev–Trinajstić information content (AvgIpc) is 1.42. The van der Waals surface area contributed by atoms with Crippen LogP contribution in [0.2, 0.25) is 0 Å². The number of aliphatic carboxylic acids is 5. The normalized spacial score (nSPS) is 9.77. The van der Waals surface area contributed by atoms with E-state index in [1.165, 1.54) is 417 Å². The van der Waals surface area contributed by atoms with Crippen LogP contribution < -0.4 is 0 Å². The van der Waals surface area contributed by atoms with Crippen molar-refractivity contribution in [1.82, 2.24) is 0 Å². The van der Waals surface area contributed by atoms with Gasteiger partial charge in [0.05, 0.1) is 0 Å². The summed E-state index contributed by atoms with van der Waals surface area (Å²) in [5.74, 6) is -3.27. The van der Waals surface area contributed by atoms with Crippen LogP contribution in [0.15, 0.2) is 0 Å². The van der Waals surface area contributed by atoms with Crippen LogP contribution in [0.4, 0.5) is 0 Å². The van der Waals surface area contributed by atoms with Crippen LogP contribution in [0, 0.1) is 0 Å². The number of carbonyl (C=O) groups is 5. The third kappa shape index (κ3) is 182. The summed E-state index contributed by atoms with van der Waals surface area (Å²) in [6.07, 6.45) is 101. The van der Waals surface area contributed by atoms with Gasteiger partial charge in [0.15, 0.2) is 0 Å². The van der Waals surface area contributed by atoms with Gasteiger partial charge in [-0.2, -0.15) is 0 Å². The number of carboxylic acid groups (broad SMARTS) is 5. The molecule has 0 aromatic carbocycles. The molecule has 0 fully saturated rings. The van der Waals surface area contributed by atoms with E-state index in [0.717, 1.165) is 64.2 Å². The summed E-state index contributed by atoms with van der Waals surface area (Å²) in [7, 11) is 0. The molecule has 0 rings (SSSR count). The number of hydrogen-bond acceptors (Lipinski definition) is 5. The van der Waals surface area contributed by atoms with E-state index in [0.29, 0.717) is 32.1 Å². The van der Waals surface area contributed by atoms with E-state index in [4.69, 9.17) is 25.5 Å². The van der Waals surface area contributed by atoms with E-state index >= 15 is 0 Å². The Hall–Kier alpha value is 5.78. The van der Waals surface area contributed by atoms with E-state index in [9.17, 15) is 24.0 Å². The predicted octanol–water partition coefficient (Wildman–Crippen LogP) is 27.5. The molecule has 0 spiro atoms. The second-order valence-corrected chi connectivity index (χ2v) is 30.5. The summed E-state index contributed by atoms with van der Waals surface area (Å²) < 4.78 is 0. The summed E-state index contributed by atoms with van der Waals surface area (Å²) in [6, 6.07) is 0. The topological polar surface area (TPSA) is 186 Å². The van der Waals surface area contributed by atoms with Crippen molar-refractivity contribution in [3.05, 3.63) is 0 Å². The molecule has 0 saturated heterocycles. The first-order valence-corrected chi connectivity index (χ1v) is 44.9. The minimum absolute atomic E-state index is 0. The number of rotatable bonds is 80. The fourth-order valence-corrected chi connectivity index (χ4v) is 13.2. The zero-order valence-corrected chi connectivity index (χ0v) is 91.7. The van der Waals surface area contributed by atoms with Gasteiger partial charge in [0.25, 0.3) is 0 Å². The molecule has 0 atom stereocenters. The molecule has 0 heterocycles. The van der Waals surface area contributed by atoms with Crippen LogP contribution in [0.5, 0.6) is 0 Å². The van der Waals surface area contributed by atoms with Crippen molar-refractivity contribution < 1.29 is 49.5 Å². The van der Waals surface area contributed by atoms with Crippen LogP contribution in [-0.2, 0) is 24.0 Å². The van der Waals surface area contributed by atoms with Crippen LogP contribution >= 0.6 is 0 Å². The van der Waals surface area contributed by atoms with Gasteiger partial charge in [0.2, 0.25) is 0 Å². The smallest absolute Gasteiger partial charge is 0.481 e. The first-order valence-electron chi connectivity index (χ1n) is 44.9. The van der Waals surface area contributed by atoms with Gasteiger partial charge in [-0.3, -0.25) is 24.0 Å². The van der Waals surface area contributed by atoms with Crippen molar-refractivity contribution in [2.75, 3.05) is 0 Å². The summed E-state index contributed by atoms with van der Waals surface area (Å²) in [4.78, 5) is 51.7. The third-order valence-electron chi connectivity index (χ3n) is 20.0. The van der Waals surface area contributed by atoms with E-state index in [-0.39, 0.29) is 254 Å². The minimum atomic E-state index is -0.653. The Morgan fingerprint density at radius 2 is 0.171 bits per heavy atom. The quantitative estimate of drug-likeness (QED) is 0.0290. The number of hydrogen-bond donors (Lipinski definition) is 5. The molecule has 0 aromatic rings. The molecule has 0 saturated carbocycles. The molecule has 0 amide bonds. The van der Waals surface area contributed by atoms with Crippen molar-refractivity contribution in [3.63, 3.8) is 0 Å². The second kappa shape index (κ2) is 150. The molecule has 0 unspecified atom stereocenters. The van der Waals surface area contributed by atoms with Gasteiger partial charge < -0.3 is 25.5 Å². The van der Waals surface area contributed by atoms with Crippen LogP contribution in [-0.4, -0.2) is 309 Å². The van der Waals surface area contributed by atoms with E-state index in [2.05, 4.69) is 34.6 Å². The van der Waals surface area contributed by atoms with Crippen molar-refractivity contribution in [3.8, 4) is 0 Å². The molecule has 5 N–H and O–H groups in total.